The number of pyridine rings is 1. The summed E-state index contributed by atoms with van der Waals surface area (Å²) in [4.78, 5) is 4.19. The van der Waals surface area contributed by atoms with Gasteiger partial charge in [0.2, 0.25) is 0 Å². The number of hydrogen-bond donors (Lipinski definition) is 1. The molecule has 0 aliphatic rings. The van der Waals surface area contributed by atoms with Crippen LogP contribution < -0.4 is 5.32 Å². The van der Waals surface area contributed by atoms with Crippen molar-refractivity contribution in [3.8, 4) is 0 Å². The van der Waals surface area contributed by atoms with E-state index in [1.807, 2.05) is 13.1 Å². The molecule has 0 aromatic carbocycles. The first-order valence-corrected chi connectivity index (χ1v) is 3.74. The maximum Gasteiger partial charge on any atom is 0.0697 e. The molecule has 1 heterocycles. The molecule has 1 aromatic heterocycles. The van der Waals surface area contributed by atoms with Crippen LogP contribution in [-0.4, -0.2) is 12.0 Å². The standard InChI is InChI=1S/C10H12N2/c1-4-8-6-9(11-3)7-12-10(8)5-2/h4-7,11H,1-2H2,3H3. The molecule has 0 amide bonds. The first kappa shape index (κ1) is 8.53. The predicted octanol–water partition coefficient (Wildman–Crippen LogP) is 2.41. The van der Waals surface area contributed by atoms with E-state index in [1.54, 1.807) is 18.3 Å². The van der Waals surface area contributed by atoms with E-state index < -0.39 is 0 Å². The molecule has 2 heteroatoms. The molecule has 62 valence electrons. The van der Waals surface area contributed by atoms with Gasteiger partial charge in [-0.05, 0) is 12.1 Å². The predicted molar refractivity (Wildman–Crippen MR) is 54.0 cm³/mol. The van der Waals surface area contributed by atoms with Crippen molar-refractivity contribution in [2.24, 2.45) is 0 Å². The first-order chi connectivity index (χ1) is 5.81. The van der Waals surface area contributed by atoms with Crippen LogP contribution in [0.3, 0.4) is 0 Å². The highest BCUT2D eigenvalue weighted by Gasteiger charge is 1.97. The molecule has 0 fully saturated rings. The zero-order valence-corrected chi connectivity index (χ0v) is 7.17. The van der Waals surface area contributed by atoms with Gasteiger partial charge in [-0.3, -0.25) is 4.98 Å². The van der Waals surface area contributed by atoms with E-state index in [-0.39, 0.29) is 0 Å². The Hall–Kier alpha value is -1.57. The van der Waals surface area contributed by atoms with E-state index in [0.717, 1.165) is 16.9 Å². The van der Waals surface area contributed by atoms with Gasteiger partial charge in [0.15, 0.2) is 0 Å². The number of rotatable bonds is 3. The normalized spacial score (nSPS) is 9.08. The zero-order valence-electron chi connectivity index (χ0n) is 7.17. The van der Waals surface area contributed by atoms with Crippen LogP contribution in [0.25, 0.3) is 12.2 Å². The lowest BCUT2D eigenvalue weighted by Gasteiger charge is -2.03. The van der Waals surface area contributed by atoms with Crippen LogP contribution in [-0.2, 0) is 0 Å². The molecule has 0 unspecified atom stereocenters. The van der Waals surface area contributed by atoms with Gasteiger partial charge in [0.1, 0.15) is 0 Å². The van der Waals surface area contributed by atoms with Crippen LogP contribution in [0.2, 0.25) is 0 Å². The molecular formula is C10H12N2. The summed E-state index contributed by atoms with van der Waals surface area (Å²) >= 11 is 0. The average molecular weight is 160 g/mol. The van der Waals surface area contributed by atoms with E-state index in [0.29, 0.717) is 0 Å². The minimum Gasteiger partial charge on any atom is -0.387 e. The van der Waals surface area contributed by atoms with Crippen LogP contribution in [0.5, 0.6) is 0 Å². The minimum atomic E-state index is 0.865. The monoisotopic (exact) mass is 160 g/mol. The summed E-state index contributed by atoms with van der Waals surface area (Å²) in [6.07, 6.45) is 5.26. The zero-order chi connectivity index (χ0) is 8.97. The Bertz CT molecular complexity index is 303. The van der Waals surface area contributed by atoms with Crippen LogP contribution in [0.15, 0.2) is 25.4 Å². The largest absolute Gasteiger partial charge is 0.387 e. The minimum absolute atomic E-state index is 0.865. The van der Waals surface area contributed by atoms with Gasteiger partial charge in [0, 0.05) is 12.6 Å². The lowest BCUT2D eigenvalue weighted by molar-refractivity contribution is 1.27. The molecule has 12 heavy (non-hydrogen) atoms. The van der Waals surface area contributed by atoms with E-state index in [9.17, 15) is 0 Å². The van der Waals surface area contributed by atoms with Crippen LogP contribution in [0, 0.1) is 0 Å². The Labute approximate surface area is 72.6 Å². The van der Waals surface area contributed by atoms with Gasteiger partial charge < -0.3 is 5.32 Å². The van der Waals surface area contributed by atoms with Gasteiger partial charge in [-0.2, -0.15) is 0 Å². The van der Waals surface area contributed by atoms with E-state index >= 15 is 0 Å². The van der Waals surface area contributed by atoms with Gasteiger partial charge in [0.05, 0.1) is 17.6 Å². The molecule has 0 saturated heterocycles. The van der Waals surface area contributed by atoms with Crippen LogP contribution >= 0.6 is 0 Å². The SMILES string of the molecule is C=Cc1cc(NC)cnc1C=C. The fourth-order valence-corrected chi connectivity index (χ4v) is 0.963. The summed E-state index contributed by atoms with van der Waals surface area (Å²) in [6.45, 7) is 7.36. The van der Waals surface area contributed by atoms with Crippen molar-refractivity contribution < 1.29 is 0 Å². The molecule has 0 bridgehead atoms. The molecule has 0 saturated carbocycles. The highest BCUT2D eigenvalue weighted by Crippen LogP contribution is 2.14. The Morgan fingerprint density at radius 1 is 1.42 bits per heavy atom. The third kappa shape index (κ3) is 1.53. The highest BCUT2D eigenvalue weighted by molar-refractivity contribution is 5.64. The molecule has 0 aliphatic heterocycles. The van der Waals surface area contributed by atoms with Gasteiger partial charge >= 0.3 is 0 Å². The molecular weight excluding hydrogens is 148 g/mol. The Morgan fingerprint density at radius 3 is 2.67 bits per heavy atom. The number of nitrogens with zero attached hydrogens (tertiary/aromatic N) is 1. The summed E-state index contributed by atoms with van der Waals surface area (Å²) in [5, 5.41) is 3.01. The third-order valence-corrected chi connectivity index (χ3v) is 1.65. The fourth-order valence-electron chi connectivity index (χ4n) is 0.963. The second-order valence-corrected chi connectivity index (χ2v) is 2.36. The lowest BCUT2D eigenvalue weighted by atomic mass is 10.2. The van der Waals surface area contributed by atoms with E-state index in [4.69, 9.17) is 0 Å². The number of aromatic nitrogens is 1. The summed E-state index contributed by atoms with van der Waals surface area (Å²) in [5.41, 5.74) is 2.84. The lowest BCUT2D eigenvalue weighted by Crippen LogP contribution is -1.92. The van der Waals surface area contributed by atoms with Crippen molar-refractivity contribution in [3.05, 3.63) is 36.7 Å². The Balaban J connectivity index is 3.18. The van der Waals surface area contributed by atoms with Gasteiger partial charge in [-0.15, -0.1) is 0 Å². The second kappa shape index (κ2) is 3.72. The molecule has 0 spiro atoms. The maximum atomic E-state index is 4.19. The summed E-state index contributed by atoms with van der Waals surface area (Å²) in [7, 11) is 1.86. The van der Waals surface area contributed by atoms with Crippen molar-refractivity contribution in [2.45, 2.75) is 0 Å². The van der Waals surface area contributed by atoms with Gasteiger partial charge in [-0.1, -0.05) is 19.2 Å². The number of hydrogen-bond acceptors (Lipinski definition) is 2. The molecule has 0 radical (unpaired) electrons. The highest BCUT2D eigenvalue weighted by atomic mass is 14.8. The summed E-state index contributed by atoms with van der Waals surface area (Å²) in [6, 6.07) is 1.98. The molecule has 0 atom stereocenters. The topological polar surface area (TPSA) is 24.9 Å². The average Bonchev–Trinajstić information content (AvgIpc) is 2.16. The van der Waals surface area contributed by atoms with Crippen molar-refractivity contribution in [2.75, 3.05) is 12.4 Å². The van der Waals surface area contributed by atoms with Crippen molar-refractivity contribution in [3.63, 3.8) is 0 Å². The molecule has 2 nitrogen and oxygen atoms in total. The quantitative estimate of drug-likeness (QED) is 0.734. The number of anilines is 1. The van der Waals surface area contributed by atoms with Crippen LogP contribution in [0.1, 0.15) is 11.3 Å². The van der Waals surface area contributed by atoms with Crippen molar-refractivity contribution in [1.82, 2.24) is 4.98 Å². The summed E-state index contributed by atoms with van der Waals surface area (Å²) in [5.74, 6) is 0. The maximum absolute atomic E-state index is 4.19. The molecule has 0 aliphatic carbocycles. The van der Waals surface area contributed by atoms with E-state index in [1.165, 1.54) is 0 Å². The Morgan fingerprint density at radius 2 is 2.17 bits per heavy atom. The molecule has 1 aromatic rings. The second-order valence-electron chi connectivity index (χ2n) is 2.36. The molecule has 1 rings (SSSR count). The van der Waals surface area contributed by atoms with Crippen molar-refractivity contribution in [1.29, 1.82) is 0 Å². The van der Waals surface area contributed by atoms with Crippen molar-refractivity contribution >= 4 is 17.8 Å². The smallest absolute Gasteiger partial charge is 0.0697 e. The Kier molecular flexibility index (Phi) is 2.64. The van der Waals surface area contributed by atoms with Crippen LogP contribution in [0.4, 0.5) is 5.69 Å². The third-order valence-electron chi connectivity index (χ3n) is 1.65. The number of nitrogens with one attached hydrogen (secondary N) is 1. The van der Waals surface area contributed by atoms with Gasteiger partial charge in [0.25, 0.3) is 0 Å². The first-order valence-electron chi connectivity index (χ1n) is 3.74. The molecule has 1 N–H and O–H groups in total. The van der Waals surface area contributed by atoms with Gasteiger partial charge in [-0.25, -0.2) is 0 Å². The fraction of sp³-hybridized carbons (Fsp3) is 0.100. The summed E-state index contributed by atoms with van der Waals surface area (Å²) < 4.78 is 0. The van der Waals surface area contributed by atoms with E-state index in [2.05, 4.69) is 23.5 Å².